The van der Waals surface area contributed by atoms with Gasteiger partial charge in [0.25, 0.3) is 0 Å². The van der Waals surface area contributed by atoms with E-state index in [-0.39, 0.29) is 0 Å². The Balaban J connectivity index is 1.31. The van der Waals surface area contributed by atoms with E-state index in [1.54, 1.807) is 0 Å². The first-order valence-electron chi connectivity index (χ1n) is 17.5. The van der Waals surface area contributed by atoms with Crippen molar-refractivity contribution in [2.45, 2.75) is 0 Å². The van der Waals surface area contributed by atoms with E-state index in [1.165, 1.54) is 65.9 Å². The zero-order valence-electron chi connectivity index (χ0n) is 27.7. The Labute approximate surface area is 295 Å². The number of rotatable bonds is 2. The molecule has 8 aromatic carbocycles. The van der Waals surface area contributed by atoms with E-state index in [9.17, 15) is 0 Å². The van der Waals surface area contributed by atoms with Crippen molar-refractivity contribution < 1.29 is 0 Å². The molecule has 1 aliphatic rings. The molecule has 1 aliphatic heterocycles. The summed E-state index contributed by atoms with van der Waals surface area (Å²) in [6.07, 6.45) is 0. The molecule has 0 saturated heterocycles. The van der Waals surface area contributed by atoms with Crippen LogP contribution in [0.5, 0.6) is 0 Å². The third-order valence-electron chi connectivity index (χ3n) is 10.6. The fourth-order valence-electron chi connectivity index (χ4n) is 8.54. The van der Waals surface area contributed by atoms with Crippen LogP contribution in [0, 0.1) is 0 Å². The lowest BCUT2D eigenvalue weighted by molar-refractivity contribution is 1.16. The summed E-state index contributed by atoms with van der Waals surface area (Å²) in [5.41, 5.74) is 15.3. The zero-order valence-corrected chi connectivity index (χ0v) is 27.7. The van der Waals surface area contributed by atoms with E-state index in [0.717, 1.165) is 28.4 Å². The van der Waals surface area contributed by atoms with Crippen LogP contribution in [-0.4, -0.2) is 9.13 Å². The van der Waals surface area contributed by atoms with Gasteiger partial charge in [-0.3, -0.25) is 0 Å². The second-order valence-electron chi connectivity index (χ2n) is 13.3. The molecular formula is C48H31N3. The lowest BCUT2D eigenvalue weighted by Crippen LogP contribution is -2.13. The topological polar surface area (TPSA) is 13.1 Å². The molecule has 10 aromatic rings. The Kier molecular flexibility index (Phi) is 5.96. The minimum Gasteiger partial charge on any atom is -0.309 e. The van der Waals surface area contributed by atoms with Gasteiger partial charge >= 0.3 is 0 Å². The Hall–Kier alpha value is -6.84. The van der Waals surface area contributed by atoms with Gasteiger partial charge in [-0.15, -0.1) is 0 Å². The third-order valence-corrected chi connectivity index (χ3v) is 10.6. The van der Waals surface area contributed by atoms with Crippen molar-refractivity contribution in [2.75, 3.05) is 4.90 Å². The van der Waals surface area contributed by atoms with Crippen molar-refractivity contribution in [3.05, 3.63) is 188 Å². The molecule has 3 heterocycles. The first-order chi connectivity index (χ1) is 25.3. The van der Waals surface area contributed by atoms with Crippen LogP contribution >= 0.6 is 0 Å². The summed E-state index contributed by atoms with van der Waals surface area (Å²) in [5.74, 6) is 0. The average molecular weight is 650 g/mol. The van der Waals surface area contributed by atoms with Crippen LogP contribution in [0.2, 0.25) is 0 Å². The van der Waals surface area contributed by atoms with Crippen molar-refractivity contribution in [2.24, 2.45) is 0 Å². The predicted octanol–water partition coefficient (Wildman–Crippen LogP) is 13.0. The highest BCUT2D eigenvalue weighted by atomic mass is 15.2. The van der Waals surface area contributed by atoms with Crippen molar-refractivity contribution in [1.82, 2.24) is 9.13 Å². The highest BCUT2D eigenvalue weighted by molar-refractivity contribution is 6.17. The second kappa shape index (κ2) is 10.8. The van der Waals surface area contributed by atoms with E-state index in [0.29, 0.717) is 0 Å². The van der Waals surface area contributed by atoms with Gasteiger partial charge in [-0.25, -0.2) is 0 Å². The third kappa shape index (κ3) is 4.00. The van der Waals surface area contributed by atoms with Crippen LogP contribution in [0.25, 0.3) is 77.2 Å². The molecule has 3 heteroatoms. The fourth-order valence-corrected chi connectivity index (χ4v) is 8.54. The van der Waals surface area contributed by atoms with Crippen molar-refractivity contribution >= 4 is 60.7 Å². The molecule has 0 amide bonds. The summed E-state index contributed by atoms with van der Waals surface area (Å²) in [4.78, 5) is 2.45. The van der Waals surface area contributed by atoms with Gasteiger partial charge in [0, 0.05) is 44.0 Å². The van der Waals surface area contributed by atoms with E-state index in [1.807, 2.05) is 0 Å². The predicted molar refractivity (Wildman–Crippen MR) is 214 cm³/mol. The van der Waals surface area contributed by atoms with E-state index < -0.39 is 0 Å². The van der Waals surface area contributed by atoms with Gasteiger partial charge in [-0.2, -0.15) is 0 Å². The van der Waals surface area contributed by atoms with Crippen LogP contribution in [-0.2, 0) is 0 Å². The molecule has 0 unspecified atom stereocenters. The Morgan fingerprint density at radius 3 is 1.49 bits per heavy atom. The van der Waals surface area contributed by atoms with Gasteiger partial charge < -0.3 is 14.0 Å². The zero-order chi connectivity index (χ0) is 33.5. The summed E-state index contributed by atoms with van der Waals surface area (Å²) >= 11 is 0. The molecule has 0 aliphatic carbocycles. The number of hydrogen-bond acceptors (Lipinski definition) is 1. The summed E-state index contributed by atoms with van der Waals surface area (Å²) in [5, 5.41) is 4.96. The fraction of sp³-hybridized carbons (Fsp3) is 0. The number of nitrogens with zero attached hydrogens (tertiary/aromatic N) is 3. The lowest BCUT2D eigenvalue weighted by Gasteiger charge is -2.31. The van der Waals surface area contributed by atoms with E-state index >= 15 is 0 Å². The van der Waals surface area contributed by atoms with Gasteiger partial charge in [0.2, 0.25) is 0 Å². The average Bonchev–Trinajstić information content (AvgIpc) is 3.71. The van der Waals surface area contributed by atoms with Crippen LogP contribution in [0.1, 0.15) is 0 Å². The van der Waals surface area contributed by atoms with Gasteiger partial charge in [0.15, 0.2) is 0 Å². The van der Waals surface area contributed by atoms with Crippen LogP contribution < -0.4 is 4.90 Å². The Morgan fingerprint density at radius 2 is 0.784 bits per heavy atom. The van der Waals surface area contributed by atoms with Gasteiger partial charge in [-0.05, 0) is 71.8 Å². The molecule has 0 bridgehead atoms. The largest absolute Gasteiger partial charge is 0.309 e. The number of para-hydroxylation sites is 6. The molecule has 3 nitrogen and oxygen atoms in total. The van der Waals surface area contributed by atoms with Crippen LogP contribution in [0.4, 0.5) is 17.1 Å². The van der Waals surface area contributed by atoms with E-state index in [4.69, 9.17) is 0 Å². The minimum absolute atomic E-state index is 1.12. The molecule has 51 heavy (non-hydrogen) atoms. The molecule has 238 valence electrons. The summed E-state index contributed by atoms with van der Waals surface area (Å²) in [7, 11) is 0. The maximum absolute atomic E-state index is 2.51. The minimum atomic E-state index is 1.12. The Morgan fingerprint density at radius 1 is 0.275 bits per heavy atom. The molecule has 0 saturated carbocycles. The molecule has 0 fully saturated rings. The lowest BCUT2D eigenvalue weighted by atomic mass is 9.91. The Bertz CT molecular complexity index is 2930. The van der Waals surface area contributed by atoms with Crippen molar-refractivity contribution in [3.63, 3.8) is 0 Å². The first-order valence-corrected chi connectivity index (χ1v) is 17.5. The SMILES string of the molecule is c1ccc(N2c3ccccc3-c3ccccc3-c3ccccc3-n3c4ccc(-n5c6ccccc6c6ccccc65)cc4c4cccc2c43)cc1. The maximum atomic E-state index is 2.51. The number of fused-ring (bicyclic) bond motifs is 12. The monoisotopic (exact) mass is 649 g/mol. The number of aromatic nitrogens is 2. The quantitative estimate of drug-likeness (QED) is 0.182. The smallest absolute Gasteiger partial charge is 0.0782 e. The number of anilines is 3. The van der Waals surface area contributed by atoms with Gasteiger partial charge in [-0.1, -0.05) is 127 Å². The molecule has 0 spiro atoms. The van der Waals surface area contributed by atoms with Crippen LogP contribution in [0.15, 0.2) is 188 Å². The number of hydrogen-bond donors (Lipinski definition) is 0. The van der Waals surface area contributed by atoms with Crippen LogP contribution in [0.3, 0.4) is 0 Å². The first kappa shape index (κ1) is 28.0. The second-order valence-corrected chi connectivity index (χ2v) is 13.3. The number of benzene rings is 8. The molecule has 11 rings (SSSR count). The summed E-state index contributed by atoms with van der Waals surface area (Å²) < 4.78 is 4.92. The normalized spacial score (nSPS) is 12.3. The molecular weight excluding hydrogens is 619 g/mol. The maximum Gasteiger partial charge on any atom is 0.0782 e. The highest BCUT2D eigenvalue weighted by Gasteiger charge is 2.27. The van der Waals surface area contributed by atoms with Gasteiger partial charge in [0.1, 0.15) is 0 Å². The molecule has 0 atom stereocenters. The highest BCUT2D eigenvalue weighted by Crippen LogP contribution is 2.50. The van der Waals surface area contributed by atoms with Crippen molar-refractivity contribution in [3.8, 4) is 33.6 Å². The van der Waals surface area contributed by atoms with E-state index in [2.05, 4.69) is 202 Å². The summed E-state index contributed by atoms with van der Waals surface area (Å²) in [6.45, 7) is 0. The summed E-state index contributed by atoms with van der Waals surface area (Å²) in [6, 6.07) is 68.7. The molecule has 0 N–H and O–H groups in total. The van der Waals surface area contributed by atoms with Crippen molar-refractivity contribution in [1.29, 1.82) is 0 Å². The molecule has 0 radical (unpaired) electrons. The standard InChI is InChI=1S/C48H31N3/c1-2-15-32(16-3-1)49-42-24-10-6-19-36(42)34-17-4-5-18-35(34)37-20-7-13-27-45(37)51-46-30-29-33(31-41(46)40-23-14-28-47(49)48(40)51)50-43-25-11-8-21-38(43)39-22-9-12-26-44(39)50/h1-31H. The van der Waals surface area contributed by atoms with Gasteiger partial charge in [0.05, 0.1) is 39.1 Å². The molecule has 2 aromatic heterocycles.